The molecule has 20 heavy (non-hydrogen) atoms. The van der Waals surface area contributed by atoms with Gasteiger partial charge in [0, 0.05) is 12.1 Å². The molecule has 0 aliphatic carbocycles. The third-order valence-corrected chi connectivity index (χ3v) is 2.84. The molecule has 0 fully saturated rings. The van der Waals surface area contributed by atoms with Crippen molar-refractivity contribution in [2.45, 2.75) is 6.42 Å². The van der Waals surface area contributed by atoms with Gasteiger partial charge < -0.3 is 5.32 Å². The van der Waals surface area contributed by atoms with Gasteiger partial charge in [0.2, 0.25) is 0 Å². The normalized spacial score (nSPS) is 10.3. The van der Waals surface area contributed by atoms with Crippen molar-refractivity contribution < 1.29 is 18.0 Å². The van der Waals surface area contributed by atoms with E-state index < -0.39 is 23.4 Å². The van der Waals surface area contributed by atoms with Crippen LogP contribution in [0.5, 0.6) is 0 Å². The fourth-order valence-corrected chi connectivity index (χ4v) is 1.81. The predicted octanol–water partition coefficient (Wildman–Crippen LogP) is 3.08. The molecular weight excluding hydrogens is 267 g/mol. The van der Waals surface area contributed by atoms with Gasteiger partial charge in [-0.2, -0.15) is 0 Å². The Balaban J connectivity index is 1.97. The molecule has 0 spiro atoms. The molecule has 0 radical (unpaired) electrons. The van der Waals surface area contributed by atoms with Crippen LogP contribution in [0.15, 0.2) is 42.5 Å². The molecule has 0 atom stereocenters. The molecule has 2 aromatic carbocycles. The Hall–Kier alpha value is -2.30. The Morgan fingerprint density at radius 2 is 1.50 bits per heavy atom. The second kappa shape index (κ2) is 6.23. The van der Waals surface area contributed by atoms with Gasteiger partial charge in [0.05, 0.1) is 5.56 Å². The minimum absolute atomic E-state index is 0.00129. The van der Waals surface area contributed by atoms with E-state index in [2.05, 4.69) is 5.32 Å². The van der Waals surface area contributed by atoms with E-state index in [1.165, 1.54) is 30.3 Å². The van der Waals surface area contributed by atoms with Crippen molar-refractivity contribution in [1.82, 2.24) is 5.32 Å². The van der Waals surface area contributed by atoms with Gasteiger partial charge in [-0.25, -0.2) is 13.2 Å². The van der Waals surface area contributed by atoms with Gasteiger partial charge >= 0.3 is 0 Å². The summed E-state index contributed by atoms with van der Waals surface area (Å²) < 4.78 is 40.0. The summed E-state index contributed by atoms with van der Waals surface area (Å²) in [6, 6.07) is 9.09. The number of benzene rings is 2. The predicted molar refractivity (Wildman–Crippen MR) is 68.8 cm³/mol. The number of carbonyl (C=O) groups is 1. The monoisotopic (exact) mass is 279 g/mol. The summed E-state index contributed by atoms with van der Waals surface area (Å²) in [5.74, 6) is -2.57. The van der Waals surface area contributed by atoms with E-state index in [9.17, 15) is 18.0 Å². The lowest BCUT2D eigenvalue weighted by Crippen LogP contribution is -2.27. The van der Waals surface area contributed by atoms with Gasteiger partial charge in [-0.1, -0.05) is 18.2 Å². The SMILES string of the molecule is O=C(NCCc1c(F)cccc1F)c1ccccc1F. The van der Waals surface area contributed by atoms with E-state index >= 15 is 0 Å². The maximum atomic E-state index is 13.3. The van der Waals surface area contributed by atoms with Crippen molar-refractivity contribution in [3.05, 3.63) is 71.0 Å². The molecule has 1 amide bonds. The summed E-state index contributed by atoms with van der Waals surface area (Å²) in [6.45, 7) is 0.0189. The van der Waals surface area contributed by atoms with Crippen LogP contribution in [0.25, 0.3) is 0 Å². The lowest BCUT2D eigenvalue weighted by Gasteiger charge is -2.07. The lowest BCUT2D eigenvalue weighted by atomic mass is 10.1. The fourth-order valence-electron chi connectivity index (χ4n) is 1.81. The standard InChI is InChI=1S/C15H12F3NO/c16-12-6-3-7-13(17)10(12)8-9-19-15(20)11-4-1-2-5-14(11)18/h1-7H,8-9H2,(H,19,20). The van der Waals surface area contributed by atoms with Crippen LogP contribution in [0.3, 0.4) is 0 Å². The highest BCUT2D eigenvalue weighted by atomic mass is 19.1. The second-order valence-electron chi connectivity index (χ2n) is 4.19. The molecule has 0 aliphatic heterocycles. The van der Waals surface area contributed by atoms with Crippen LogP contribution < -0.4 is 5.32 Å². The Kier molecular flexibility index (Phi) is 4.40. The molecule has 1 N–H and O–H groups in total. The van der Waals surface area contributed by atoms with E-state index in [0.717, 1.165) is 12.1 Å². The lowest BCUT2D eigenvalue weighted by molar-refractivity contribution is 0.0950. The van der Waals surface area contributed by atoms with Crippen molar-refractivity contribution in [2.75, 3.05) is 6.54 Å². The minimum atomic E-state index is -0.662. The highest BCUT2D eigenvalue weighted by Gasteiger charge is 2.12. The summed E-state index contributed by atoms with van der Waals surface area (Å²) >= 11 is 0. The number of halogens is 3. The summed E-state index contributed by atoms with van der Waals surface area (Å²) in [5.41, 5.74) is -0.192. The molecule has 0 saturated heterocycles. The maximum absolute atomic E-state index is 13.3. The number of hydrogen-bond donors (Lipinski definition) is 1. The topological polar surface area (TPSA) is 29.1 Å². The highest BCUT2D eigenvalue weighted by molar-refractivity contribution is 5.94. The second-order valence-corrected chi connectivity index (χ2v) is 4.19. The Morgan fingerprint density at radius 3 is 2.15 bits per heavy atom. The number of rotatable bonds is 4. The van der Waals surface area contributed by atoms with Crippen molar-refractivity contribution in [3.8, 4) is 0 Å². The molecule has 0 aromatic heterocycles. The van der Waals surface area contributed by atoms with Crippen LogP contribution in [0.4, 0.5) is 13.2 Å². The van der Waals surface area contributed by atoms with Crippen LogP contribution in [0, 0.1) is 17.5 Å². The molecule has 2 aromatic rings. The molecule has 5 heteroatoms. The van der Waals surface area contributed by atoms with E-state index in [-0.39, 0.29) is 24.1 Å². The van der Waals surface area contributed by atoms with E-state index in [1.54, 1.807) is 0 Å². The van der Waals surface area contributed by atoms with Crippen molar-refractivity contribution >= 4 is 5.91 Å². The zero-order valence-electron chi connectivity index (χ0n) is 10.5. The first-order chi connectivity index (χ1) is 9.59. The van der Waals surface area contributed by atoms with Crippen molar-refractivity contribution in [3.63, 3.8) is 0 Å². The quantitative estimate of drug-likeness (QED) is 0.915. The fraction of sp³-hybridized carbons (Fsp3) is 0.133. The first kappa shape index (κ1) is 14.1. The molecule has 0 aliphatic rings. The zero-order valence-corrected chi connectivity index (χ0v) is 10.5. The molecule has 0 heterocycles. The van der Waals surface area contributed by atoms with Gasteiger partial charge in [-0.3, -0.25) is 4.79 Å². The van der Waals surface area contributed by atoms with Crippen LogP contribution in [-0.4, -0.2) is 12.5 Å². The average molecular weight is 279 g/mol. The summed E-state index contributed by atoms with van der Waals surface area (Å²) in [7, 11) is 0. The molecule has 2 rings (SSSR count). The third-order valence-electron chi connectivity index (χ3n) is 2.84. The van der Waals surface area contributed by atoms with Crippen LogP contribution >= 0.6 is 0 Å². The molecule has 0 saturated carbocycles. The van der Waals surface area contributed by atoms with E-state index in [4.69, 9.17) is 0 Å². The van der Waals surface area contributed by atoms with Gasteiger partial charge in [0.25, 0.3) is 5.91 Å². The van der Waals surface area contributed by atoms with Crippen LogP contribution in [-0.2, 0) is 6.42 Å². The number of nitrogens with one attached hydrogen (secondary N) is 1. The third kappa shape index (κ3) is 3.17. The van der Waals surface area contributed by atoms with Crippen molar-refractivity contribution in [1.29, 1.82) is 0 Å². The summed E-state index contributed by atoms with van der Waals surface area (Å²) in [6.07, 6.45) is -0.00129. The first-order valence-corrected chi connectivity index (χ1v) is 6.05. The summed E-state index contributed by atoms with van der Waals surface area (Å²) in [4.78, 5) is 11.7. The average Bonchev–Trinajstić information content (AvgIpc) is 2.42. The van der Waals surface area contributed by atoms with Crippen molar-refractivity contribution in [2.24, 2.45) is 0 Å². The minimum Gasteiger partial charge on any atom is -0.352 e. The molecule has 104 valence electrons. The van der Waals surface area contributed by atoms with Crippen LogP contribution in [0.2, 0.25) is 0 Å². The molecule has 0 unspecified atom stereocenters. The Labute approximate surface area is 114 Å². The Bertz CT molecular complexity index is 608. The maximum Gasteiger partial charge on any atom is 0.254 e. The van der Waals surface area contributed by atoms with E-state index in [1.807, 2.05) is 0 Å². The molecular formula is C15H12F3NO. The summed E-state index contributed by atoms with van der Waals surface area (Å²) in [5, 5.41) is 2.43. The highest BCUT2D eigenvalue weighted by Crippen LogP contribution is 2.12. The molecule has 0 bridgehead atoms. The number of carbonyl (C=O) groups excluding carboxylic acids is 1. The number of amides is 1. The van der Waals surface area contributed by atoms with Crippen LogP contribution in [0.1, 0.15) is 15.9 Å². The first-order valence-electron chi connectivity index (χ1n) is 6.05. The largest absolute Gasteiger partial charge is 0.352 e. The zero-order chi connectivity index (χ0) is 14.5. The van der Waals surface area contributed by atoms with Gasteiger partial charge in [-0.05, 0) is 30.7 Å². The molecule has 2 nitrogen and oxygen atoms in total. The smallest absolute Gasteiger partial charge is 0.254 e. The van der Waals surface area contributed by atoms with Gasteiger partial charge in [0.1, 0.15) is 17.5 Å². The van der Waals surface area contributed by atoms with Gasteiger partial charge in [0.15, 0.2) is 0 Å². The van der Waals surface area contributed by atoms with E-state index in [0.29, 0.717) is 0 Å². The Morgan fingerprint density at radius 1 is 0.900 bits per heavy atom. The van der Waals surface area contributed by atoms with Gasteiger partial charge in [-0.15, -0.1) is 0 Å². The number of hydrogen-bond acceptors (Lipinski definition) is 1.